The Morgan fingerprint density at radius 2 is 2.23 bits per heavy atom. The van der Waals surface area contributed by atoms with Gasteiger partial charge in [0.2, 0.25) is 5.95 Å². The lowest BCUT2D eigenvalue weighted by Gasteiger charge is -2.30. The number of furan rings is 1. The molecular weight excluding hydrogens is 336 g/mol. The van der Waals surface area contributed by atoms with Crippen LogP contribution in [-0.2, 0) is 4.74 Å². The van der Waals surface area contributed by atoms with Gasteiger partial charge in [-0.1, -0.05) is 0 Å². The summed E-state index contributed by atoms with van der Waals surface area (Å²) in [5.41, 5.74) is 6.08. The molecule has 1 amide bonds. The summed E-state index contributed by atoms with van der Waals surface area (Å²) in [6.45, 7) is 2.73. The van der Waals surface area contributed by atoms with Crippen molar-refractivity contribution in [2.75, 3.05) is 43.5 Å². The van der Waals surface area contributed by atoms with E-state index < -0.39 is 0 Å². The van der Waals surface area contributed by atoms with E-state index in [2.05, 4.69) is 9.97 Å². The minimum Gasteiger partial charge on any atom is -0.459 e. The number of amides is 1. The van der Waals surface area contributed by atoms with Crippen molar-refractivity contribution in [2.24, 2.45) is 5.92 Å². The average Bonchev–Trinajstić information content (AvgIpc) is 3.01. The van der Waals surface area contributed by atoms with Crippen LogP contribution in [0, 0.1) is 17.2 Å². The second kappa shape index (κ2) is 6.65. The van der Waals surface area contributed by atoms with Gasteiger partial charge in [0.15, 0.2) is 5.76 Å². The molecule has 2 aromatic heterocycles. The van der Waals surface area contributed by atoms with Gasteiger partial charge >= 0.3 is 0 Å². The number of nitrogens with zero attached hydrogens (tertiary/aromatic N) is 5. The van der Waals surface area contributed by atoms with Gasteiger partial charge in [-0.3, -0.25) is 4.79 Å². The SMILES string of the molecule is N#Cc1cnc(N2C[C@@H]3COC[C@H](C2)N(C(=O)c2ccco2)C3)nc1N. The van der Waals surface area contributed by atoms with Crippen LogP contribution in [-0.4, -0.2) is 59.7 Å². The van der Waals surface area contributed by atoms with Gasteiger partial charge in [-0.25, -0.2) is 4.98 Å². The summed E-state index contributed by atoms with van der Waals surface area (Å²) in [5, 5.41) is 8.99. The first-order chi connectivity index (χ1) is 12.7. The monoisotopic (exact) mass is 354 g/mol. The topological polar surface area (TPSA) is 122 Å². The molecule has 0 saturated carbocycles. The van der Waals surface area contributed by atoms with Crippen LogP contribution >= 0.6 is 0 Å². The molecular formula is C17H18N6O3. The summed E-state index contributed by atoms with van der Waals surface area (Å²) in [4.78, 5) is 25.2. The van der Waals surface area contributed by atoms with Crippen molar-refractivity contribution in [1.29, 1.82) is 5.26 Å². The zero-order chi connectivity index (χ0) is 18.1. The highest BCUT2D eigenvalue weighted by molar-refractivity contribution is 5.91. The quantitative estimate of drug-likeness (QED) is 0.827. The summed E-state index contributed by atoms with van der Waals surface area (Å²) < 4.78 is 11.0. The van der Waals surface area contributed by atoms with E-state index in [-0.39, 0.29) is 29.2 Å². The first kappa shape index (κ1) is 16.4. The maximum absolute atomic E-state index is 12.8. The highest BCUT2D eigenvalue weighted by Gasteiger charge is 2.37. The molecule has 2 aromatic rings. The van der Waals surface area contributed by atoms with Gasteiger partial charge in [0.1, 0.15) is 17.5 Å². The first-order valence-electron chi connectivity index (χ1n) is 8.35. The standard InChI is InChI=1S/C17H18N6O3/c18-4-12-5-20-17(21-15(12)19)22-6-11-7-23(13(8-22)10-25-9-11)16(24)14-2-1-3-26-14/h1-3,5,11,13H,6-10H2,(H2,19,20,21)/t11-,13-/m0/s1. The zero-order valence-corrected chi connectivity index (χ0v) is 14.0. The third kappa shape index (κ3) is 2.95. The van der Waals surface area contributed by atoms with E-state index in [0.29, 0.717) is 44.6 Å². The Bertz CT molecular complexity index is 847. The number of fused-ring (bicyclic) bond motifs is 3. The molecule has 2 fully saturated rings. The van der Waals surface area contributed by atoms with Gasteiger partial charge in [0, 0.05) is 25.6 Å². The number of anilines is 2. The van der Waals surface area contributed by atoms with Crippen LogP contribution < -0.4 is 10.6 Å². The fourth-order valence-corrected chi connectivity index (χ4v) is 3.42. The molecule has 2 bridgehead atoms. The van der Waals surface area contributed by atoms with E-state index in [1.54, 1.807) is 12.1 Å². The van der Waals surface area contributed by atoms with Crippen LogP contribution in [0.5, 0.6) is 0 Å². The van der Waals surface area contributed by atoms with Gasteiger partial charge in [-0.05, 0) is 12.1 Å². The van der Waals surface area contributed by atoms with Gasteiger partial charge in [-0.2, -0.15) is 10.2 Å². The van der Waals surface area contributed by atoms with Gasteiger partial charge in [-0.15, -0.1) is 0 Å². The number of carbonyl (C=O) groups excluding carboxylic acids is 1. The molecule has 134 valence electrons. The fraction of sp³-hybridized carbons (Fsp3) is 0.412. The lowest BCUT2D eigenvalue weighted by molar-refractivity contribution is 0.0584. The second-order valence-corrected chi connectivity index (χ2v) is 6.48. The van der Waals surface area contributed by atoms with Crippen LogP contribution in [0.15, 0.2) is 29.0 Å². The maximum atomic E-state index is 12.8. The molecule has 0 radical (unpaired) electrons. The Balaban J connectivity index is 1.61. The van der Waals surface area contributed by atoms with Crippen LogP contribution in [0.3, 0.4) is 0 Å². The molecule has 2 N–H and O–H groups in total. The van der Waals surface area contributed by atoms with Crippen molar-refractivity contribution in [3.63, 3.8) is 0 Å². The smallest absolute Gasteiger partial charge is 0.289 e. The van der Waals surface area contributed by atoms with E-state index in [1.807, 2.05) is 15.9 Å². The Labute approximate surface area is 150 Å². The van der Waals surface area contributed by atoms with E-state index in [0.717, 1.165) is 0 Å². The predicted molar refractivity (Wildman–Crippen MR) is 91.2 cm³/mol. The van der Waals surface area contributed by atoms with Crippen molar-refractivity contribution < 1.29 is 13.9 Å². The van der Waals surface area contributed by atoms with Crippen molar-refractivity contribution >= 4 is 17.7 Å². The number of aromatic nitrogens is 2. The van der Waals surface area contributed by atoms with Crippen LogP contribution in [0.4, 0.5) is 11.8 Å². The summed E-state index contributed by atoms with van der Waals surface area (Å²) in [7, 11) is 0. The summed E-state index contributed by atoms with van der Waals surface area (Å²) >= 11 is 0. The van der Waals surface area contributed by atoms with E-state index in [1.165, 1.54) is 12.5 Å². The summed E-state index contributed by atoms with van der Waals surface area (Å²) in [6.07, 6.45) is 2.92. The largest absolute Gasteiger partial charge is 0.459 e. The number of rotatable bonds is 2. The van der Waals surface area contributed by atoms with Crippen molar-refractivity contribution in [2.45, 2.75) is 6.04 Å². The number of carbonyl (C=O) groups is 1. The molecule has 2 aliphatic rings. The fourth-order valence-electron chi connectivity index (χ4n) is 3.42. The lowest BCUT2D eigenvalue weighted by atomic mass is 10.1. The number of nitrogens with two attached hydrogens (primary N) is 1. The Kier molecular flexibility index (Phi) is 4.18. The molecule has 9 nitrogen and oxygen atoms in total. The van der Waals surface area contributed by atoms with E-state index in [9.17, 15) is 4.79 Å². The van der Waals surface area contributed by atoms with Crippen molar-refractivity contribution in [3.8, 4) is 6.07 Å². The normalized spacial score (nSPS) is 22.6. The van der Waals surface area contributed by atoms with E-state index in [4.69, 9.17) is 20.1 Å². The number of hydrogen-bond donors (Lipinski definition) is 1. The molecule has 4 heterocycles. The molecule has 2 saturated heterocycles. The van der Waals surface area contributed by atoms with Gasteiger partial charge in [0.25, 0.3) is 5.91 Å². The maximum Gasteiger partial charge on any atom is 0.289 e. The van der Waals surface area contributed by atoms with Gasteiger partial charge in [0.05, 0.1) is 31.7 Å². The van der Waals surface area contributed by atoms with Crippen molar-refractivity contribution in [1.82, 2.24) is 14.9 Å². The zero-order valence-electron chi connectivity index (χ0n) is 14.0. The highest BCUT2D eigenvalue weighted by atomic mass is 16.5. The number of nitriles is 1. The minimum absolute atomic E-state index is 0.113. The second-order valence-electron chi connectivity index (χ2n) is 6.48. The third-order valence-corrected chi connectivity index (χ3v) is 4.67. The molecule has 0 aromatic carbocycles. The lowest BCUT2D eigenvalue weighted by Crippen LogP contribution is -2.46. The molecule has 4 rings (SSSR count). The predicted octanol–water partition coefficient (Wildman–Crippen LogP) is 0.501. The van der Waals surface area contributed by atoms with Gasteiger partial charge < -0.3 is 24.7 Å². The Morgan fingerprint density at radius 1 is 1.35 bits per heavy atom. The van der Waals surface area contributed by atoms with Crippen LogP contribution in [0.25, 0.3) is 0 Å². The molecule has 0 spiro atoms. The first-order valence-corrected chi connectivity index (χ1v) is 8.35. The number of nitrogen functional groups attached to an aromatic ring is 1. The Hall–Kier alpha value is -3.12. The average molecular weight is 354 g/mol. The van der Waals surface area contributed by atoms with E-state index >= 15 is 0 Å². The van der Waals surface area contributed by atoms with Crippen LogP contribution in [0.1, 0.15) is 16.1 Å². The minimum atomic E-state index is -0.152. The van der Waals surface area contributed by atoms with Crippen LogP contribution in [0.2, 0.25) is 0 Å². The summed E-state index contributed by atoms with van der Waals surface area (Å²) in [6, 6.07) is 5.18. The third-order valence-electron chi connectivity index (χ3n) is 4.67. The molecule has 0 unspecified atom stereocenters. The molecule has 0 aliphatic carbocycles. The molecule has 26 heavy (non-hydrogen) atoms. The highest BCUT2D eigenvalue weighted by Crippen LogP contribution is 2.25. The molecule has 2 atom stereocenters. The van der Waals surface area contributed by atoms with Crippen molar-refractivity contribution in [3.05, 3.63) is 35.9 Å². The number of hydrogen-bond acceptors (Lipinski definition) is 8. The summed E-state index contributed by atoms with van der Waals surface area (Å²) in [5.74, 6) is 0.917. The molecule has 9 heteroatoms. The Morgan fingerprint density at radius 3 is 2.96 bits per heavy atom. The number of ether oxygens (including phenoxy) is 1. The molecule has 2 aliphatic heterocycles.